The molecule has 0 unspecified atom stereocenters. The number of piperidine rings is 1. The molecule has 0 aromatic carbocycles. The highest BCUT2D eigenvalue weighted by molar-refractivity contribution is 5.93. The Morgan fingerprint density at radius 3 is 2.65 bits per heavy atom. The van der Waals surface area contributed by atoms with Crippen LogP contribution in [0.2, 0.25) is 0 Å². The zero-order chi connectivity index (χ0) is 23.7. The highest BCUT2D eigenvalue weighted by atomic mass is 16.5. The van der Waals surface area contributed by atoms with E-state index in [1.165, 1.54) is 0 Å². The fourth-order valence-electron chi connectivity index (χ4n) is 5.09. The third-order valence-corrected chi connectivity index (χ3v) is 7.06. The lowest BCUT2D eigenvalue weighted by Gasteiger charge is -2.30. The second kappa shape index (κ2) is 9.69. The predicted molar refractivity (Wildman–Crippen MR) is 125 cm³/mol. The van der Waals surface area contributed by atoms with Crippen molar-refractivity contribution in [3.05, 3.63) is 34.9 Å². The van der Waals surface area contributed by atoms with Crippen molar-refractivity contribution in [2.45, 2.75) is 71.3 Å². The molecule has 5 heterocycles. The summed E-state index contributed by atoms with van der Waals surface area (Å²) in [4.78, 5) is 19.7. The van der Waals surface area contributed by atoms with Gasteiger partial charge >= 0.3 is 0 Å². The zero-order valence-corrected chi connectivity index (χ0v) is 20.2. The summed E-state index contributed by atoms with van der Waals surface area (Å²) in [6.07, 6.45) is 4.52. The topological polar surface area (TPSA) is 115 Å². The van der Waals surface area contributed by atoms with Crippen LogP contribution in [0.1, 0.15) is 84.5 Å². The average Bonchev–Trinajstić information content (AvgIpc) is 3.60. The first kappa shape index (κ1) is 22.8. The van der Waals surface area contributed by atoms with E-state index in [9.17, 15) is 4.79 Å². The van der Waals surface area contributed by atoms with Crippen molar-refractivity contribution < 1.29 is 14.1 Å². The van der Waals surface area contributed by atoms with Crippen LogP contribution in [0.4, 0.5) is 0 Å². The Kier molecular flexibility index (Phi) is 6.49. The first-order valence-corrected chi connectivity index (χ1v) is 12.4. The maximum Gasteiger partial charge on any atom is 0.271 e. The number of aromatic nitrogens is 6. The summed E-state index contributed by atoms with van der Waals surface area (Å²) in [6.45, 7) is 9.85. The van der Waals surface area contributed by atoms with Crippen LogP contribution < -0.4 is 0 Å². The van der Waals surface area contributed by atoms with Crippen LogP contribution in [0.3, 0.4) is 0 Å². The number of nitrogens with zero attached hydrogens (tertiary/aromatic N) is 6. The van der Waals surface area contributed by atoms with Gasteiger partial charge in [0, 0.05) is 55.9 Å². The van der Waals surface area contributed by atoms with Crippen LogP contribution in [0.25, 0.3) is 11.3 Å². The molecule has 10 nitrogen and oxygen atoms in total. The maximum atomic E-state index is 13.1. The fraction of sp³-hybridized carbons (Fsp3) is 0.625. The molecule has 182 valence electrons. The van der Waals surface area contributed by atoms with Gasteiger partial charge in [0.25, 0.3) is 5.91 Å². The molecule has 3 aromatic heterocycles. The number of amides is 1. The number of ether oxygens (including phenoxy) is 1. The van der Waals surface area contributed by atoms with Crippen molar-refractivity contribution in [1.29, 1.82) is 0 Å². The molecule has 0 radical (unpaired) electrons. The molecule has 0 bridgehead atoms. The van der Waals surface area contributed by atoms with Gasteiger partial charge in [0.1, 0.15) is 5.69 Å². The number of hydrogen-bond donors (Lipinski definition) is 1. The molecule has 0 atom stereocenters. The Morgan fingerprint density at radius 2 is 1.91 bits per heavy atom. The predicted octanol–water partition coefficient (Wildman–Crippen LogP) is 3.60. The zero-order valence-electron chi connectivity index (χ0n) is 20.2. The maximum absolute atomic E-state index is 13.1. The minimum atomic E-state index is -0.0260. The molecule has 2 aliphatic heterocycles. The number of aromatic amines is 1. The minimum Gasteiger partial charge on any atom is -0.381 e. The van der Waals surface area contributed by atoms with Gasteiger partial charge < -0.3 is 14.2 Å². The summed E-state index contributed by atoms with van der Waals surface area (Å²) in [5.41, 5.74) is 4.28. The Labute approximate surface area is 199 Å². The number of H-pyrrole nitrogens is 1. The van der Waals surface area contributed by atoms with Gasteiger partial charge in [-0.15, -0.1) is 0 Å². The molecule has 1 N–H and O–H groups in total. The second-order valence-corrected chi connectivity index (χ2v) is 9.38. The lowest BCUT2D eigenvalue weighted by atomic mass is 9.96. The van der Waals surface area contributed by atoms with E-state index in [4.69, 9.17) is 14.2 Å². The third-order valence-electron chi connectivity index (χ3n) is 7.06. The van der Waals surface area contributed by atoms with E-state index in [0.29, 0.717) is 30.6 Å². The number of rotatable bonds is 6. The van der Waals surface area contributed by atoms with Crippen LogP contribution in [0, 0.1) is 13.8 Å². The van der Waals surface area contributed by atoms with Crippen molar-refractivity contribution in [2.75, 3.05) is 26.3 Å². The van der Waals surface area contributed by atoms with Gasteiger partial charge in [-0.25, -0.2) is 0 Å². The molecule has 1 amide bonds. The number of hydrogen-bond acceptors (Lipinski definition) is 7. The first-order valence-electron chi connectivity index (χ1n) is 12.4. The third kappa shape index (κ3) is 4.38. The number of carbonyl (C=O) groups excluding carboxylic acids is 1. The van der Waals surface area contributed by atoms with Crippen molar-refractivity contribution in [3.8, 4) is 11.3 Å². The Morgan fingerprint density at radius 1 is 1.15 bits per heavy atom. The second-order valence-electron chi connectivity index (χ2n) is 9.38. The van der Waals surface area contributed by atoms with Crippen LogP contribution in [0.15, 0.2) is 10.6 Å². The normalized spacial score (nSPS) is 18.0. The number of aryl methyl sites for hydroxylation is 2. The summed E-state index contributed by atoms with van der Waals surface area (Å²) in [5.74, 6) is 1.99. The van der Waals surface area contributed by atoms with Gasteiger partial charge in [-0.1, -0.05) is 12.1 Å². The van der Waals surface area contributed by atoms with E-state index < -0.39 is 0 Å². The van der Waals surface area contributed by atoms with Crippen LogP contribution in [-0.2, 0) is 11.3 Å². The molecule has 5 rings (SSSR count). The van der Waals surface area contributed by atoms with Gasteiger partial charge in [0.2, 0.25) is 5.89 Å². The molecule has 10 heteroatoms. The van der Waals surface area contributed by atoms with E-state index in [0.717, 1.165) is 80.3 Å². The van der Waals surface area contributed by atoms with Crippen LogP contribution in [0.5, 0.6) is 0 Å². The average molecular weight is 468 g/mol. The molecular weight excluding hydrogens is 434 g/mol. The molecule has 2 fully saturated rings. The largest absolute Gasteiger partial charge is 0.381 e. The highest BCUT2D eigenvalue weighted by Gasteiger charge is 2.30. The summed E-state index contributed by atoms with van der Waals surface area (Å²) >= 11 is 0. The summed E-state index contributed by atoms with van der Waals surface area (Å²) in [5, 5.41) is 16.3. The first-order chi connectivity index (χ1) is 16.5. The Bertz CT molecular complexity index is 1130. The van der Waals surface area contributed by atoms with E-state index in [1.807, 2.05) is 22.6 Å². The molecule has 2 saturated heterocycles. The summed E-state index contributed by atoms with van der Waals surface area (Å²) in [6, 6.07) is 1.85. The Balaban J connectivity index is 1.22. The van der Waals surface area contributed by atoms with E-state index >= 15 is 0 Å². The smallest absolute Gasteiger partial charge is 0.271 e. The lowest BCUT2D eigenvalue weighted by Crippen LogP contribution is -2.38. The van der Waals surface area contributed by atoms with Crippen molar-refractivity contribution in [2.24, 2.45) is 0 Å². The summed E-state index contributed by atoms with van der Waals surface area (Å²) < 4.78 is 13.0. The number of nitrogens with one attached hydrogen (secondary N) is 1. The monoisotopic (exact) mass is 467 g/mol. The molecule has 0 saturated carbocycles. The molecule has 2 aliphatic rings. The lowest BCUT2D eigenvalue weighted by molar-refractivity contribution is 0.0698. The summed E-state index contributed by atoms with van der Waals surface area (Å²) in [7, 11) is 0. The number of likely N-dealkylation sites (tertiary alicyclic amines) is 1. The van der Waals surface area contributed by atoms with Crippen molar-refractivity contribution in [3.63, 3.8) is 0 Å². The Hall–Kier alpha value is -3.01. The van der Waals surface area contributed by atoms with Crippen molar-refractivity contribution >= 4 is 5.91 Å². The van der Waals surface area contributed by atoms with Gasteiger partial charge in [-0.3, -0.25) is 14.6 Å². The molecule has 3 aromatic rings. The quantitative estimate of drug-likeness (QED) is 0.589. The molecule has 34 heavy (non-hydrogen) atoms. The van der Waals surface area contributed by atoms with Crippen molar-refractivity contribution in [1.82, 2.24) is 35.0 Å². The van der Waals surface area contributed by atoms with Gasteiger partial charge in [0.05, 0.1) is 11.4 Å². The van der Waals surface area contributed by atoms with E-state index in [2.05, 4.69) is 34.3 Å². The minimum absolute atomic E-state index is 0.0260. The SMILES string of the molecule is CCCn1nc(C)c(-c2cc(C(=O)N3CCC(c4nc(C5CCOCC5)no4)CC3)[nH]n2)c1C. The van der Waals surface area contributed by atoms with Crippen LogP contribution >= 0.6 is 0 Å². The highest BCUT2D eigenvalue weighted by Crippen LogP contribution is 2.31. The fourth-order valence-corrected chi connectivity index (χ4v) is 5.09. The molecular formula is C24H33N7O3. The molecule has 0 spiro atoms. The van der Waals surface area contributed by atoms with Gasteiger partial charge in [0.15, 0.2) is 5.82 Å². The standard InChI is InChI=1S/C24H33N7O3/c1-4-9-31-16(3)21(15(2)28-31)19-14-20(27-26-19)24(32)30-10-5-18(6-11-30)23-25-22(29-34-23)17-7-12-33-13-8-17/h14,17-18H,4-13H2,1-3H3,(H,26,27). The van der Waals surface area contributed by atoms with Gasteiger partial charge in [-0.05, 0) is 52.0 Å². The molecule has 0 aliphatic carbocycles. The van der Waals surface area contributed by atoms with Gasteiger partial charge in [-0.2, -0.15) is 15.2 Å². The van der Waals surface area contributed by atoms with Crippen LogP contribution in [-0.4, -0.2) is 67.2 Å². The van der Waals surface area contributed by atoms with E-state index in [-0.39, 0.29) is 11.8 Å². The number of carbonyl (C=O) groups is 1. The van der Waals surface area contributed by atoms with E-state index in [1.54, 1.807) is 0 Å².